The van der Waals surface area contributed by atoms with Crippen molar-refractivity contribution in [3.63, 3.8) is 0 Å². The van der Waals surface area contributed by atoms with Gasteiger partial charge in [0.2, 0.25) is 0 Å². The molecule has 0 atom stereocenters. The minimum atomic E-state index is 0.182. The van der Waals surface area contributed by atoms with Crippen molar-refractivity contribution in [2.24, 2.45) is 7.05 Å². The van der Waals surface area contributed by atoms with Gasteiger partial charge in [-0.2, -0.15) is 0 Å². The molecule has 1 aromatic carbocycles. The minimum absolute atomic E-state index is 0.182. The molecule has 0 amide bonds. The van der Waals surface area contributed by atoms with E-state index < -0.39 is 0 Å². The van der Waals surface area contributed by atoms with Gasteiger partial charge >= 0.3 is 0 Å². The van der Waals surface area contributed by atoms with Crippen LogP contribution in [0.2, 0.25) is 0 Å². The number of aromatic nitrogens is 3. The summed E-state index contributed by atoms with van der Waals surface area (Å²) >= 11 is 0. The lowest BCUT2D eigenvalue weighted by molar-refractivity contribution is 0.245. The van der Waals surface area contributed by atoms with Crippen molar-refractivity contribution in [1.29, 1.82) is 0 Å². The maximum absolute atomic E-state index is 5.87. The van der Waals surface area contributed by atoms with Crippen molar-refractivity contribution >= 4 is 10.9 Å². The van der Waals surface area contributed by atoms with Gasteiger partial charge in [0, 0.05) is 24.8 Å². The maximum Gasteiger partial charge on any atom is 0.129 e. The van der Waals surface area contributed by atoms with Crippen molar-refractivity contribution in [3.8, 4) is 5.75 Å². The first-order chi connectivity index (χ1) is 9.65. The van der Waals surface area contributed by atoms with Gasteiger partial charge in [0.05, 0.1) is 30.2 Å². The predicted octanol–water partition coefficient (Wildman–Crippen LogP) is 3.21. The van der Waals surface area contributed by atoms with Gasteiger partial charge in [-0.3, -0.25) is 0 Å². The van der Waals surface area contributed by atoms with Crippen LogP contribution in [0.4, 0.5) is 0 Å². The van der Waals surface area contributed by atoms with Crippen LogP contribution >= 0.6 is 0 Å². The quantitative estimate of drug-likeness (QED) is 0.728. The molecule has 0 spiro atoms. The Kier molecular flexibility index (Phi) is 3.22. The van der Waals surface area contributed by atoms with Crippen LogP contribution in [-0.2, 0) is 13.6 Å². The highest BCUT2D eigenvalue weighted by Gasteiger charge is 2.09. The Hall–Kier alpha value is -2.23. The normalized spacial score (nSPS) is 11.4. The van der Waals surface area contributed by atoms with Crippen molar-refractivity contribution in [3.05, 3.63) is 48.7 Å². The zero-order chi connectivity index (χ0) is 14.1. The highest BCUT2D eigenvalue weighted by Crippen LogP contribution is 2.27. The number of imidazole rings is 1. The fourth-order valence-electron chi connectivity index (χ4n) is 2.40. The second-order valence-electron chi connectivity index (χ2n) is 5.30. The number of aryl methyl sites for hydroxylation is 1. The van der Waals surface area contributed by atoms with E-state index in [1.54, 1.807) is 0 Å². The summed E-state index contributed by atoms with van der Waals surface area (Å²) in [6.07, 6.45) is 6.01. The van der Waals surface area contributed by atoms with Crippen molar-refractivity contribution in [1.82, 2.24) is 14.1 Å². The Morgan fingerprint density at radius 1 is 1.25 bits per heavy atom. The van der Waals surface area contributed by atoms with E-state index in [9.17, 15) is 0 Å². The smallest absolute Gasteiger partial charge is 0.129 e. The molecule has 0 unspecified atom stereocenters. The molecular formula is C16H19N3O. The molecule has 4 heteroatoms. The van der Waals surface area contributed by atoms with Gasteiger partial charge in [-0.25, -0.2) is 4.98 Å². The molecule has 0 radical (unpaired) electrons. The van der Waals surface area contributed by atoms with E-state index in [1.165, 1.54) is 11.2 Å². The number of nitrogens with zero attached hydrogens (tertiary/aromatic N) is 3. The average molecular weight is 269 g/mol. The van der Waals surface area contributed by atoms with E-state index in [4.69, 9.17) is 4.74 Å². The highest BCUT2D eigenvalue weighted by molar-refractivity contribution is 5.86. The number of hydrogen-bond acceptors (Lipinski definition) is 2. The Morgan fingerprint density at radius 2 is 2.10 bits per heavy atom. The summed E-state index contributed by atoms with van der Waals surface area (Å²) in [5.41, 5.74) is 2.36. The minimum Gasteiger partial charge on any atom is -0.490 e. The third kappa shape index (κ3) is 2.29. The SMILES string of the molecule is CC(C)Oc1cccc2c1ccn2Cc1cncn1C. The van der Waals surface area contributed by atoms with Crippen LogP contribution in [0, 0.1) is 0 Å². The Labute approximate surface area is 118 Å². The summed E-state index contributed by atoms with van der Waals surface area (Å²) in [6.45, 7) is 4.90. The van der Waals surface area contributed by atoms with E-state index in [0.29, 0.717) is 0 Å². The van der Waals surface area contributed by atoms with E-state index in [2.05, 4.69) is 27.9 Å². The molecule has 0 aliphatic heterocycles. The molecule has 20 heavy (non-hydrogen) atoms. The van der Waals surface area contributed by atoms with Crippen LogP contribution in [0.15, 0.2) is 43.0 Å². The first-order valence-corrected chi connectivity index (χ1v) is 6.85. The molecule has 2 heterocycles. The van der Waals surface area contributed by atoms with Gasteiger partial charge in [0.15, 0.2) is 0 Å². The second kappa shape index (κ2) is 5.04. The average Bonchev–Trinajstić information content (AvgIpc) is 2.98. The molecule has 2 aromatic heterocycles. The van der Waals surface area contributed by atoms with Crippen molar-refractivity contribution in [2.75, 3.05) is 0 Å². The van der Waals surface area contributed by atoms with Gasteiger partial charge in [0.1, 0.15) is 5.75 Å². The Morgan fingerprint density at radius 3 is 2.80 bits per heavy atom. The summed E-state index contributed by atoms with van der Waals surface area (Å²) in [6, 6.07) is 8.30. The molecule has 0 N–H and O–H groups in total. The molecule has 104 valence electrons. The molecule has 4 nitrogen and oxygen atoms in total. The Bertz CT molecular complexity index is 724. The third-order valence-corrected chi connectivity index (χ3v) is 3.39. The number of ether oxygens (including phenoxy) is 1. The van der Waals surface area contributed by atoms with Gasteiger partial charge < -0.3 is 13.9 Å². The van der Waals surface area contributed by atoms with Crippen molar-refractivity contribution in [2.45, 2.75) is 26.5 Å². The molecular weight excluding hydrogens is 250 g/mol. The fraction of sp³-hybridized carbons (Fsp3) is 0.312. The molecule has 0 aliphatic rings. The second-order valence-corrected chi connectivity index (χ2v) is 5.30. The number of rotatable bonds is 4. The standard InChI is InChI=1S/C16H19N3O/c1-12(2)20-16-6-4-5-15-14(16)7-8-19(15)10-13-9-17-11-18(13)3/h4-9,11-12H,10H2,1-3H3. The largest absolute Gasteiger partial charge is 0.490 e. The van der Waals surface area contributed by atoms with Gasteiger partial charge in [-0.1, -0.05) is 6.07 Å². The number of benzene rings is 1. The number of fused-ring (bicyclic) bond motifs is 1. The molecule has 3 rings (SSSR count). The van der Waals surface area contributed by atoms with E-state index in [-0.39, 0.29) is 6.10 Å². The van der Waals surface area contributed by atoms with E-state index in [0.717, 1.165) is 17.7 Å². The fourth-order valence-corrected chi connectivity index (χ4v) is 2.40. The van der Waals surface area contributed by atoms with Crippen LogP contribution in [0.1, 0.15) is 19.5 Å². The van der Waals surface area contributed by atoms with Crippen LogP contribution < -0.4 is 4.74 Å². The van der Waals surface area contributed by atoms with Gasteiger partial charge in [-0.15, -0.1) is 0 Å². The van der Waals surface area contributed by atoms with Crippen molar-refractivity contribution < 1.29 is 4.74 Å². The lowest BCUT2D eigenvalue weighted by Gasteiger charge is -2.11. The third-order valence-electron chi connectivity index (χ3n) is 3.39. The maximum atomic E-state index is 5.87. The monoisotopic (exact) mass is 269 g/mol. The van der Waals surface area contributed by atoms with Crippen LogP contribution in [0.25, 0.3) is 10.9 Å². The zero-order valence-corrected chi connectivity index (χ0v) is 12.1. The summed E-state index contributed by atoms with van der Waals surface area (Å²) < 4.78 is 10.1. The molecule has 0 aliphatic carbocycles. The van der Waals surface area contributed by atoms with Crippen LogP contribution in [0.5, 0.6) is 5.75 Å². The lowest BCUT2D eigenvalue weighted by atomic mass is 10.2. The van der Waals surface area contributed by atoms with Gasteiger partial charge in [0.25, 0.3) is 0 Å². The molecule has 0 saturated carbocycles. The first kappa shape index (κ1) is 12.8. The molecule has 0 saturated heterocycles. The van der Waals surface area contributed by atoms with Crippen LogP contribution in [-0.4, -0.2) is 20.2 Å². The van der Waals surface area contributed by atoms with E-state index >= 15 is 0 Å². The van der Waals surface area contributed by atoms with Crippen LogP contribution in [0.3, 0.4) is 0 Å². The summed E-state index contributed by atoms with van der Waals surface area (Å²) in [7, 11) is 2.02. The molecule has 3 aromatic rings. The molecule has 0 bridgehead atoms. The lowest BCUT2D eigenvalue weighted by Crippen LogP contribution is -2.06. The first-order valence-electron chi connectivity index (χ1n) is 6.85. The number of hydrogen-bond donors (Lipinski definition) is 0. The molecule has 0 fully saturated rings. The summed E-state index contributed by atoms with van der Waals surface area (Å²) in [5, 5.41) is 1.16. The predicted molar refractivity (Wildman–Crippen MR) is 80.0 cm³/mol. The summed E-state index contributed by atoms with van der Waals surface area (Å²) in [5.74, 6) is 0.946. The Balaban J connectivity index is 1.99. The highest BCUT2D eigenvalue weighted by atomic mass is 16.5. The summed E-state index contributed by atoms with van der Waals surface area (Å²) in [4.78, 5) is 4.16. The van der Waals surface area contributed by atoms with E-state index in [1.807, 2.05) is 50.1 Å². The topological polar surface area (TPSA) is 32.0 Å². The zero-order valence-electron chi connectivity index (χ0n) is 12.1. The van der Waals surface area contributed by atoms with Gasteiger partial charge in [-0.05, 0) is 32.0 Å².